The Morgan fingerprint density at radius 2 is 1.59 bits per heavy atom. The predicted molar refractivity (Wildman–Crippen MR) is 138 cm³/mol. The first kappa shape index (κ1) is 27.9. The summed E-state index contributed by atoms with van der Waals surface area (Å²) in [6, 6.07) is 3.88. The standard InChI is InChI=1S/C19H24N2O3.C2H7N.I2/c1-12-13(2)17(19(22)23)15(4)18(14(12)3)24-11-10-21(5)16-6-8-20-9-7-16;1-3-2;1-2/h6-9H,10-11H2,1-5H3,(H,22,23);3H,1-2H3;. The van der Waals surface area contributed by atoms with Crippen molar-refractivity contribution in [1.82, 2.24) is 10.3 Å². The van der Waals surface area contributed by atoms with Gasteiger partial charge in [0.25, 0.3) is 0 Å². The molecule has 0 aliphatic carbocycles. The lowest BCUT2D eigenvalue weighted by Crippen LogP contribution is -2.24. The van der Waals surface area contributed by atoms with Gasteiger partial charge in [-0.3, -0.25) is 4.98 Å². The van der Waals surface area contributed by atoms with E-state index in [1.54, 1.807) is 12.4 Å². The van der Waals surface area contributed by atoms with Gasteiger partial charge in [0.15, 0.2) is 0 Å². The van der Waals surface area contributed by atoms with Gasteiger partial charge in [-0.05, 0) is 70.6 Å². The highest BCUT2D eigenvalue weighted by Gasteiger charge is 2.20. The maximum atomic E-state index is 11.6. The van der Waals surface area contributed by atoms with E-state index in [-0.39, 0.29) is 0 Å². The highest BCUT2D eigenvalue weighted by Crippen LogP contribution is 2.32. The number of carboxylic acid groups (broad SMARTS) is 1. The third-order valence-corrected chi connectivity index (χ3v) is 4.55. The minimum Gasteiger partial charge on any atom is -0.491 e. The number of rotatable bonds is 6. The topological polar surface area (TPSA) is 74.7 Å². The Bertz CT molecular complexity index is 772. The molecule has 162 valence electrons. The number of nitrogens with zero attached hydrogens (tertiary/aromatic N) is 2. The van der Waals surface area contributed by atoms with E-state index in [9.17, 15) is 9.90 Å². The van der Waals surface area contributed by atoms with Crippen molar-refractivity contribution in [2.45, 2.75) is 27.7 Å². The Kier molecular flexibility index (Phi) is 14.2. The molecule has 0 bridgehead atoms. The van der Waals surface area contributed by atoms with Crippen molar-refractivity contribution in [3.05, 3.63) is 52.3 Å². The van der Waals surface area contributed by atoms with Crippen LogP contribution >= 0.6 is 37.2 Å². The quantitative estimate of drug-likeness (QED) is 0.433. The molecule has 0 saturated heterocycles. The van der Waals surface area contributed by atoms with Crippen molar-refractivity contribution in [1.29, 1.82) is 0 Å². The third kappa shape index (κ3) is 8.25. The average Bonchev–Trinajstić information content (AvgIpc) is 2.71. The van der Waals surface area contributed by atoms with Gasteiger partial charge in [0.05, 0.1) is 12.1 Å². The first-order chi connectivity index (χ1) is 13.8. The molecule has 2 aromatic rings. The molecule has 1 heterocycles. The predicted octanol–water partition coefficient (Wildman–Crippen LogP) is 5.14. The van der Waals surface area contributed by atoms with Gasteiger partial charge in [-0.2, -0.15) is 0 Å². The Hall–Kier alpha value is -1.14. The van der Waals surface area contributed by atoms with E-state index in [4.69, 9.17) is 4.74 Å². The molecule has 0 unspecified atom stereocenters. The smallest absolute Gasteiger partial charge is 0.336 e. The number of pyridine rings is 1. The molecule has 8 heteroatoms. The van der Waals surface area contributed by atoms with E-state index < -0.39 is 5.97 Å². The second-order valence-electron chi connectivity index (χ2n) is 6.48. The number of anilines is 1. The number of hydrogen-bond donors (Lipinski definition) is 2. The van der Waals surface area contributed by atoms with Crippen LogP contribution < -0.4 is 15.0 Å². The molecule has 0 amide bonds. The van der Waals surface area contributed by atoms with Crippen LogP contribution in [-0.4, -0.2) is 50.4 Å². The number of halogens is 2. The van der Waals surface area contributed by atoms with Crippen molar-refractivity contribution in [2.24, 2.45) is 0 Å². The maximum absolute atomic E-state index is 11.6. The number of aromatic nitrogens is 1. The van der Waals surface area contributed by atoms with Gasteiger partial charge in [-0.1, -0.05) is 0 Å². The van der Waals surface area contributed by atoms with Crippen LogP contribution in [-0.2, 0) is 0 Å². The molecular formula is C21H31I2N3O3. The van der Waals surface area contributed by atoms with E-state index in [0.29, 0.717) is 30.0 Å². The fourth-order valence-electron chi connectivity index (χ4n) is 2.86. The molecule has 2 rings (SSSR count). The summed E-state index contributed by atoms with van der Waals surface area (Å²) in [5.41, 5.74) is 4.87. The summed E-state index contributed by atoms with van der Waals surface area (Å²) in [6.45, 7) is 8.74. The zero-order valence-electron chi connectivity index (χ0n) is 18.1. The first-order valence-corrected chi connectivity index (χ1v) is 15.3. The summed E-state index contributed by atoms with van der Waals surface area (Å²) < 4.78 is 5.97. The van der Waals surface area contributed by atoms with E-state index >= 15 is 0 Å². The monoisotopic (exact) mass is 627 g/mol. The zero-order chi connectivity index (χ0) is 22.6. The molecule has 2 N–H and O–H groups in total. The van der Waals surface area contributed by atoms with Crippen LogP contribution in [0.4, 0.5) is 5.69 Å². The van der Waals surface area contributed by atoms with Crippen molar-refractivity contribution in [3.8, 4) is 5.75 Å². The number of carboxylic acids is 1. The largest absolute Gasteiger partial charge is 0.491 e. The minimum atomic E-state index is -0.910. The molecule has 1 aromatic heterocycles. The summed E-state index contributed by atoms with van der Waals surface area (Å²) in [5.74, 6) is -0.231. The Morgan fingerprint density at radius 3 is 2.07 bits per heavy atom. The number of hydrogen-bond acceptors (Lipinski definition) is 5. The number of benzene rings is 1. The zero-order valence-corrected chi connectivity index (χ0v) is 22.5. The maximum Gasteiger partial charge on any atom is 0.336 e. The number of likely N-dealkylation sites (N-methyl/N-ethyl adjacent to an activating group) is 1. The summed E-state index contributed by atoms with van der Waals surface area (Å²) in [5, 5.41) is 12.2. The van der Waals surface area contributed by atoms with Crippen molar-refractivity contribution < 1.29 is 14.6 Å². The summed E-state index contributed by atoms with van der Waals surface area (Å²) in [6.07, 6.45) is 3.51. The van der Waals surface area contributed by atoms with E-state index in [1.165, 1.54) is 0 Å². The summed E-state index contributed by atoms with van der Waals surface area (Å²) in [7, 11) is 5.74. The first-order valence-electron chi connectivity index (χ1n) is 9.06. The van der Waals surface area contributed by atoms with Gasteiger partial charge in [0.1, 0.15) is 12.4 Å². The fraction of sp³-hybridized carbons (Fsp3) is 0.429. The number of ether oxygens (including phenoxy) is 1. The van der Waals surface area contributed by atoms with E-state index in [2.05, 4.69) is 52.4 Å². The van der Waals surface area contributed by atoms with Crippen LogP contribution in [0.3, 0.4) is 0 Å². The molecule has 0 aliphatic rings. The Morgan fingerprint density at radius 1 is 1.07 bits per heavy atom. The molecule has 0 fully saturated rings. The number of carbonyl (C=O) groups is 1. The van der Waals surface area contributed by atoms with Gasteiger partial charge < -0.3 is 20.1 Å². The molecule has 0 aliphatic heterocycles. The van der Waals surface area contributed by atoms with Gasteiger partial charge >= 0.3 is 5.97 Å². The fourth-order valence-corrected chi connectivity index (χ4v) is 2.86. The second kappa shape index (κ2) is 14.8. The van der Waals surface area contributed by atoms with E-state index in [0.717, 1.165) is 22.4 Å². The molecule has 0 radical (unpaired) electrons. The van der Waals surface area contributed by atoms with Crippen molar-refractivity contribution in [3.63, 3.8) is 0 Å². The van der Waals surface area contributed by atoms with Gasteiger partial charge in [0.2, 0.25) is 0 Å². The third-order valence-electron chi connectivity index (χ3n) is 4.55. The average molecular weight is 627 g/mol. The normalized spacial score (nSPS) is 9.55. The molecular weight excluding hydrogens is 596 g/mol. The lowest BCUT2D eigenvalue weighted by molar-refractivity contribution is 0.0694. The lowest BCUT2D eigenvalue weighted by atomic mass is 9.93. The highest BCUT2D eigenvalue weighted by molar-refractivity contribution is 15.0. The van der Waals surface area contributed by atoms with Crippen LogP contribution in [0.2, 0.25) is 0 Å². The van der Waals surface area contributed by atoms with Gasteiger partial charge in [-0.15, -0.1) is 0 Å². The van der Waals surface area contributed by atoms with Crippen LogP contribution in [0.25, 0.3) is 0 Å². The molecule has 0 saturated carbocycles. The lowest BCUT2D eigenvalue weighted by Gasteiger charge is -2.22. The van der Waals surface area contributed by atoms with Crippen LogP contribution in [0, 0.1) is 27.7 Å². The van der Waals surface area contributed by atoms with Crippen LogP contribution in [0.15, 0.2) is 24.5 Å². The molecule has 0 spiro atoms. The van der Waals surface area contributed by atoms with Crippen molar-refractivity contribution >= 4 is 48.9 Å². The number of nitrogens with one attached hydrogen (secondary N) is 1. The minimum absolute atomic E-state index is 0.343. The van der Waals surface area contributed by atoms with E-state index in [1.807, 2.05) is 61.0 Å². The molecule has 1 aromatic carbocycles. The Balaban J connectivity index is 0.00000143. The Labute approximate surface area is 197 Å². The summed E-state index contributed by atoms with van der Waals surface area (Å²) >= 11 is 4.24. The molecule has 0 atom stereocenters. The van der Waals surface area contributed by atoms with Crippen LogP contribution in [0.5, 0.6) is 5.75 Å². The molecule has 6 nitrogen and oxygen atoms in total. The highest BCUT2D eigenvalue weighted by atomic mass is 128. The van der Waals surface area contributed by atoms with Crippen LogP contribution in [0.1, 0.15) is 32.6 Å². The number of aromatic carboxylic acids is 1. The second-order valence-corrected chi connectivity index (χ2v) is 6.48. The van der Waals surface area contributed by atoms with Gasteiger partial charge in [0, 0.05) is 67.9 Å². The van der Waals surface area contributed by atoms with Gasteiger partial charge in [-0.25, -0.2) is 4.79 Å². The summed E-state index contributed by atoms with van der Waals surface area (Å²) in [4.78, 5) is 17.6. The van der Waals surface area contributed by atoms with Crippen molar-refractivity contribution in [2.75, 3.05) is 39.2 Å². The molecule has 29 heavy (non-hydrogen) atoms. The SMILES string of the molecule is CNC.Cc1c(C)c(OCCN(C)c2ccncc2)c(C)c(C(=O)O)c1C.II.